The number of ether oxygens (including phenoxy) is 1. The zero-order chi connectivity index (χ0) is 26.0. The van der Waals surface area contributed by atoms with E-state index in [0.717, 1.165) is 38.5 Å². The number of hydrogen-bond acceptors (Lipinski definition) is 5. The Morgan fingerprint density at radius 2 is 1.54 bits per heavy atom. The third kappa shape index (κ3) is 3.96. The van der Waals surface area contributed by atoms with Crippen molar-refractivity contribution in [3.63, 3.8) is 0 Å². The van der Waals surface area contributed by atoms with E-state index in [0.29, 0.717) is 20.6 Å². The minimum atomic E-state index is -1.53. The third-order valence-electron chi connectivity index (χ3n) is 6.99. The molecule has 0 bridgehead atoms. The van der Waals surface area contributed by atoms with Crippen LogP contribution in [0.3, 0.4) is 0 Å². The molecule has 0 spiro atoms. The fraction of sp³-hybridized carbons (Fsp3) is 0.231. The number of hydrogen-bond donors (Lipinski definition) is 6. The van der Waals surface area contributed by atoms with E-state index >= 15 is 0 Å². The molecule has 1 aliphatic rings. The van der Waals surface area contributed by atoms with Gasteiger partial charge in [0.1, 0.15) is 24.4 Å². The largest absolute Gasteiger partial charge is 0.394 e. The predicted molar refractivity (Wildman–Crippen MR) is 143 cm³/mol. The van der Waals surface area contributed by atoms with Crippen LogP contribution in [0, 0.1) is 0 Å². The molecule has 192 valence electrons. The highest BCUT2D eigenvalue weighted by atomic mass is 35.5. The molecule has 11 heteroatoms. The molecular weight excluding hydrogens is 541 g/mol. The van der Waals surface area contributed by atoms with Crippen LogP contribution in [-0.4, -0.2) is 66.0 Å². The average molecular weight is 563 g/mol. The van der Waals surface area contributed by atoms with Crippen LogP contribution in [0.2, 0.25) is 15.1 Å². The first-order valence-electron chi connectivity index (χ1n) is 11.5. The normalized spacial score (nSPS) is 24.4. The smallest absolute Gasteiger partial charge is 0.163 e. The lowest BCUT2D eigenvalue weighted by molar-refractivity contribution is -0.250. The molecule has 5 aromatic rings. The number of halogens is 3. The molecule has 2 aromatic carbocycles. The zero-order valence-corrected chi connectivity index (χ0v) is 21.3. The summed E-state index contributed by atoms with van der Waals surface area (Å²) in [7, 11) is 0. The molecule has 8 nitrogen and oxygen atoms in total. The van der Waals surface area contributed by atoms with Gasteiger partial charge in [-0.1, -0.05) is 34.8 Å². The van der Waals surface area contributed by atoms with Gasteiger partial charge in [-0.25, -0.2) is 0 Å². The fourth-order valence-corrected chi connectivity index (χ4v) is 5.60. The minimum Gasteiger partial charge on any atom is -0.394 e. The second kappa shape index (κ2) is 9.34. The number of nitrogens with one attached hydrogen (secondary N) is 2. The molecule has 37 heavy (non-hydrogen) atoms. The van der Waals surface area contributed by atoms with Crippen molar-refractivity contribution in [2.45, 2.75) is 30.6 Å². The summed E-state index contributed by atoms with van der Waals surface area (Å²) < 4.78 is 7.49. The molecular formula is C26H22Cl3N3O5. The van der Waals surface area contributed by atoms with Crippen molar-refractivity contribution in [2.75, 3.05) is 6.61 Å². The van der Waals surface area contributed by atoms with Gasteiger partial charge in [-0.15, -0.1) is 0 Å². The van der Waals surface area contributed by atoms with Gasteiger partial charge >= 0.3 is 0 Å². The zero-order valence-electron chi connectivity index (χ0n) is 19.1. The van der Waals surface area contributed by atoms with Gasteiger partial charge in [0.05, 0.1) is 22.2 Å². The van der Waals surface area contributed by atoms with Crippen molar-refractivity contribution >= 4 is 56.6 Å². The maximum atomic E-state index is 10.8. The van der Waals surface area contributed by atoms with Gasteiger partial charge in [0.2, 0.25) is 0 Å². The molecule has 1 fully saturated rings. The van der Waals surface area contributed by atoms with E-state index in [1.165, 1.54) is 0 Å². The number of nitrogens with zero attached hydrogens (tertiary/aromatic N) is 1. The van der Waals surface area contributed by atoms with Gasteiger partial charge in [-0.3, -0.25) is 0 Å². The molecule has 4 heterocycles. The van der Waals surface area contributed by atoms with Crippen molar-refractivity contribution in [3.05, 3.63) is 70.2 Å². The highest BCUT2D eigenvalue weighted by molar-refractivity contribution is 6.43. The lowest BCUT2D eigenvalue weighted by Gasteiger charge is -2.40. The molecule has 0 aliphatic carbocycles. The Balaban J connectivity index is 1.55. The summed E-state index contributed by atoms with van der Waals surface area (Å²) in [5, 5.41) is 44.1. The molecule has 0 radical (unpaired) electrons. The number of aliphatic hydroxyl groups is 4. The summed E-state index contributed by atoms with van der Waals surface area (Å²) in [4.78, 5) is 6.45. The van der Waals surface area contributed by atoms with E-state index in [-0.39, 0.29) is 0 Å². The monoisotopic (exact) mass is 561 g/mol. The molecule has 6 N–H and O–H groups in total. The molecule has 6 rings (SSSR count). The second-order valence-electron chi connectivity index (χ2n) is 9.13. The fourth-order valence-electron chi connectivity index (χ4n) is 5.11. The third-order valence-corrected chi connectivity index (χ3v) is 7.94. The van der Waals surface area contributed by atoms with Crippen LogP contribution in [0.4, 0.5) is 0 Å². The summed E-state index contributed by atoms with van der Waals surface area (Å²) in [6, 6.07) is 9.02. The molecule has 0 saturated carbocycles. The highest BCUT2D eigenvalue weighted by Crippen LogP contribution is 2.44. The Bertz CT molecular complexity index is 1620. The van der Waals surface area contributed by atoms with Gasteiger partial charge in [0.25, 0.3) is 0 Å². The summed E-state index contributed by atoms with van der Waals surface area (Å²) >= 11 is 19.1. The van der Waals surface area contributed by atoms with Crippen LogP contribution in [0.5, 0.6) is 0 Å². The summed E-state index contributed by atoms with van der Waals surface area (Å²) in [5.41, 5.74) is 4.95. The first-order chi connectivity index (χ1) is 17.8. The number of H-pyrrole nitrogens is 2. The number of aromatic nitrogens is 3. The molecule has 1 aliphatic heterocycles. The van der Waals surface area contributed by atoms with E-state index in [9.17, 15) is 20.4 Å². The van der Waals surface area contributed by atoms with Crippen LogP contribution in [0.15, 0.2) is 55.1 Å². The second-order valence-corrected chi connectivity index (χ2v) is 10.4. The van der Waals surface area contributed by atoms with E-state index in [1.54, 1.807) is 22.9 Å². The lowest BCUT2D eigenvalue weighted by atomic mass is 9.98. The van der Waals surface area contributed by atoms with E-state index in [4.69, 9.17) is 39.5 Å². The van der Waals surface area contributed by atoms with Gasteiger partial charge in [0.15, 0.2) is 6.23 Å². The van der Waals surface area contributed by atoms with Crippen molar-refractivity contribution in [2.24, 2.45) is 0 Å². The summed E-state index contributed by atoms with van der Waals surface area (Å²) in [6.07, 6.45) is 0.772. The van der Waals surface area contributed by atoms with Crippen LogP contribution >= 0.6 is 34.8 Å². The molecule has 0 amide bonds. The van der Waals surface area contributed by atoms with Crippen molar-refractivity contribution in [3.8, 4) is 22.3 Å². The van der Waals surface area contributed by atoms with Crippen LogP contribution in [0.1, 0.15) is 6.23 Å². The van der Waals surface area contributed by atoms with E-state index < -0.39 is 37.3 Å². The number of benzene rings is 2. The minimum absolute atomic E-state index is 0.296. The first-order valence-corrected chi connectivity index (χ1v) is 12.7. The van der Waals surface area contributed by atoms with E-state index in [1.807, 2.05) is 36.8 Å². The van der Waals surface area contributed by atoms with Crippen molar-refractivity contribution in [1.29, 1.82) is 0 Å². The number of aromatic amines is 2. The SMILES string of the molecule is OCC1OC(n2cc(-c3c[nH]cc3-c3c[nH]c4ccc(Cl)cc34)c3cc(Cl)c(Cl)cc32)C(O)C(O)C1O. The molecule has 5 atom stereocenters. The molecule has 3 aromatic heterocycles. The van der Waals surface area contributed by atoms with E-state index in [2.05, 4.69) is 9.97 Å². The Labute approximate surface area is 225 Å². The number of fused-ring (bicyclic) bond motifs is 2. The van der Waals surface area contributed by atoms with Gasteiger partial charge < -0.3 is 39.7 Å². The Kier molecular flexibility index (Phi) is 6.26. The summed E-state index contributed by atoms with van der Waals surface area (Å²) in [6.45, 7) is -0.537. The summed E-state index contributed by atoms with van der Waals surface area (Å²) in [5.74, 6) is 0. The van der Waals surface area contributed by atoms with Gasteiger partial charge in [-0.05, 0) is 30.3 Å². The average Bonchev–Trinajstić information content (AvgIpc) is 3.60. The van der Waals surface area contributed by atoms with Crippen LogP contribution in [-0.2, 0) is 4.74 Å². The van der Waals surface area contributed by atoms with Crippen LogP contribution in [0.25, 0.3) is 44.1 Å². The Morgan fingerprint density at radius 3 is 2.30 bits per heavy atom. The van der Waals surface area contributed by atoms with Crippen molar-refractivity contribution in [1.82, 2.24) is 14.5 Å². The topological polar surface area (TPSA) is 127 Å². The highest BCUT2D eigenvalue weighted by Gasteiger charge is 2.44. The predicted octanol–water partition coefficient (Wildman–Crippen LogP) is 4.72. The number of rotatable bonds is 4. The van der Waals surface area contributed by atoms with Crippen LogP contribution < -0.4 is 0 Å². The Hall–Kier alpha value is -2.53. The molecule has 5 unspecified atom stereocenters. The maximum Gasteiger partial charge on any atom is 0.163 e. The standard InChI is InChI=1S/C26H22Cl3N3O5/c27-11-1-2-20-12(3-11)16(8-31-20)14-6-30-7-15(14)17-9-32(21-5-19(29)18(28)4-13(17)21)26-25(36)24(35)23(34)22(10-33)37-26/h1-9,22-26,30-31,33-36H,10H2. The van der Waals surface area contributed by atoms with Gasteiger partial charge in [0, 0.05) is 68.4 Å². The lowest BCUT2D eigenvalue weighted by Crippen LogP contribution is -2.56. The van der Waals surface area contributed by atoms with Gasteiger partial charge in [-0.2, -0.15) is 0 Å². The maximum absolute atomic E-state index is 10.8. The quantitative estimate of drug-likeness (QED) is 0.189. The molecule has 1 saturated heterocycles. The Morgan fingerprint density at radius 1 is 0.811 bits per heavy atom. The number of aliphatic hydroxyl groups excluding tert-OH is 4. The first kappa shape index (κ1) is 24.8. The van der Waals surface area contributed by atoms with Crippen molar-refractivity contribution < 1.29 is 25.2 Å².